The molecule has 0 bridgehead atoms. The zero-order chi connectivity index (χ0) is 22.8. The second-order valence-electron chi connectivity index (χ2n) is 6.40. The standard InChI is InChI=1S/C20H14N4O6S2/c25-31(26,27)16-9-6-14(7-10-16)15-8-11-18(21-12-15)20-23-19(13-22-24-20)30-32(28,29)17-4-2-1-3-5-17/h1-13H,(H,25,26,27). The molecule has 0 aliphatic rings. The summed E-state index contributed by atoms with van der Waals surface area (Å²) in [6.07, 6.45) is 2.59. The van der Waals surface area contributed by atoms with Gasteiger partial charge in [0.1, 0.15) is 16.8 Å². The summed E-state index contributed by atoms with van der Waals surface area (Å²) in [4.78, 5) is 8.08. The van der Waals surface area contributed by atoms with Crippen LogP contribution in [0.15, 0.2) is 88.9 Å². The van der Waals surface area contributed by atoms with E-state index in [0.29, 0.717) is 16.8 Å². The van der Waals surface area contributed by atoms with Crippen LogP contribution in [0.3, 0.4) is 0 Å². The molecule has 2 aromatic heterocycles. The van der Waals surface area contributed by atoms with Gasteiger partial charge in [0.15, 0.2) is 0 Å². The Kier molecular flexibility index (Phi) is 5.65. The van der Waals surface area contributed by atoms with Crippen LogP contribution in [0.25, 0.3) is 22.6 Å². The molecule has 4 rings (SSSR count). The Bertz CT molecular complexity index is 1460. The summed E-state index contributed by atoms with van der Waals surface area (Å²) < 4.78 is 61.1. The van der Waals surface area contributed by atoms with Crippen molar-refractivity contribution in [3.8, 4) is 28.5 Å². The van der Waals surface area contributed by atoms with E-state index in [1.54, 1.807) is 30.3 Å². The second-order valence-corrected chi connectivity index (χ2v) is 9.37. The van der Waals surface area contributed by atoms with Crippen molar-refractivity contribution in [2.75, 3.05) is 0 Å². The van der Waals surface area contributed by atoms with Crippen molar-refractivity contribution in [3.05, 3.63) is 79.1 Å². The van der Waals surface area contributed by atoms with E-state index in [4.69, 9.17) is 8.74 Å². The number of benzene rings is 2. The zero-order valence-electron chi connectivity index (χ0n) is 16.1. The molecule has 0 aliphatic carbocycles. The average molecular weight is 470 g/mol. The Morgan fingerprint density at radius 3 is 2.06 bits per heavy atom. The molecular formula is C20H14N4O6S2. The molecule has 0 aliphatic heterocycles. The summed E-state index contributed by atoms with van der Waals surface area (Å²) in [6.45, 7) is 0. The van der Waals surface area contributed by atoms with Crippen LogP contribution in [-0.4, -0.2) is 41.6 Å². The van der Waals surface area contributed by atoms with Gasteiger partial charge in [-0.1, -0.05) is 36.4 Å². The third-order valence-electron chi connectivity index (χ3n) is 4.24. The van der Waals surface area contributed by atoms with Gasteiger partial charge in [0.2, 0.25) is 5.82 Å². The normalized spacial score (nSPS) is 11.8. The van der Waals surface area contributed by atoms with Gasteiger partial charge in [0.25, 0.3) is 16.0 Å². The van der Waals surface area contributed by atoms with Gasteiger partial charge in [-0.15, -0.1) is 5.10 Å². The first-order valence-electron chi connectivity index (χ1n) is 8.96. The smallest absolute Gasteiger partial charge is 0.340 e. The van der Waals surface area contributed by atoms with E-state index < -0.39 is 20.2 Å². The zero-order valence-corrected chi connectivity index (χ0v) is 17.7. The first kappa shape index (κ1) is 21.5. The molecule has 0 saturated carbocycles. The maximum absolute atomic E-state index is 12.4. The van der Waals surface area contributed by atoms with E-state index in [-0.39, 0.29) is 21.5 Å². The van der Waals surface area contributed by atoms with Crippen molar-refractivity contribution >= 4 is 20.2 Å². The van der Waals surface area contributed by atoms with Crippen LogP contribution in [-0.2, 0) is 20.2 Å². The minimum Gasteiger partial charge on any atom is -0.356 e. The molecule has 2 heterocycles. The van der Waals surface area contributed by atoms with Gasteiger partial charge < -0.3 is 4.18 Å². The Labute approximate surface area is 183 Å². The SMILES string of the molecule is O=S(=O)(O)c1ccc(-c2ccc(-c3nncc(OS(=O)(=O)c4ccccc4)n3)nc2)cc1. The third-order valence-corrected chi connectivity index (χ3v) is 6.35. The summed E-state index contributed by atoms with van der Waals surface area (Å²) in [6, 6.07) is 16.5. The quantitative estimate of drug-likeness (QED) is 0.329. The predicted octanol–water partition coefficient (Wildman–Crippen LogP) is 2.62. The number of rotatable bonds is 6. The highest BCUT2D eigenvalue weighted by Crippen LogP contribution is 2.23. The fourth-order valence-corrected chi connectivity index (χ4v) is 4.07. The second kappa shape index (κ2) is 8.42. The minimum absolute atomic E-state index is 0.0253. The van der Waals surface area contributed by atoms with Crippen LogP contribution in [0.1, 0.15) is 0 Å². The van der Waals surface area contributed by atoms with Crippen molar-refractivity contribution in [2.45, 2.75) is 9.79 Å². The first-order chi connectivity index (χ1) is 15.2. The highest BCUT2D eigenvalue weighted by Gasteiger charge is 2.18. The fraction of sp³-hybridized carbons (Fsp3) is 0. The molecule has 32 heavy (non-hydrogen) atoms. The largest absolute Gasteiger partial charge is 0.356 e. The summed E-state index contributed by atoms with van der Waals surface area (Å²) in [5, 5.41) is 7.59. The molecule has 0 atom stereocenters. The molecule has 0 unspecified atom stereocenters. The molecule has 1 N–H and O–H groups in total. The van der Waals surface area contributed by atoms with E-state index >= 15 is 0 Å². The van der Waals surface area contributed by atoms with Crippen LogP contribution < -0.4 is 4.18 Å². The van der Waals surface area contributed by atoms with Crippen LogP contribution in [0, 0.1) is 0 Å². The molecule has 0 amide bonds. The Hall–Kier alpha value is -3.74. The van der Waals surface area contributed by atoms with Crippen molar-refractivity contribution < 1.29 is 25.6 Å². The van der Waals surface area contributed by atoms with Crippen molar-refractivity contribution in [3.63, 3.8) is 0 Å². The van der Waals surface area contributed by atoms with Crippen LogP contribution in [0.4, 0.5) is 0 Å². The predicted molar refractivity (Wildman–Crippen MR) is 113 cm³/mol. The van der Waals surface area contributed by atoms with Crippen molar-refractivity contribution in [1.82, 2.24) is 20.2 Å². The lowest BCUT2D eigenvalue weighted by Crippen LogP contribution is -2.11. The van der Waals surface area contributed by atoms with Gasteiger partial charge >= 0.3 is 10.1 Å². The average Bonchev–Trinajstić information content (AvgIpc) is 2.79. The minimum atomic E-state index is -4.27. The number of aromatic nitrogens is 4. The number of nitrogens with zero attached hydrogens (tertiary/aromatic N) is 4. The van der Waals surface area contributed by atoms with E-state index in [1.165, 1.54) is 42.6 Å². The molecular weight excluding hydrogens is 456 g/mol. The monoisotopic (exact) mass is 470 g/mol. The van der Waals surface area contributed by atoms with Gasteiger partial charge in [-0.25, -0.2) is 0 Å². The lowest BCUT2D eigenvalue weighted by molar-refractivity contribution is 0.473. The van der Waals surface area contributed by atoms with E-state index in [2.05, 4.69) is 20.2 Å². The van der Waals surface area contributed by atoms with E-state index in [9.17, 15) is 16.8 Å². The highest BCUT2D eigenvalue weighted by molar-refractivity contribution is 7.87. The molecule has 12 heteroatoms. The van der Waals surface area contributed by atoms with E-state index in [0.717, 1.165) is 6.20 Å². The first-order valence-corrected chi connectivity index (χ1v) is 11.8. The molecule has 4 aromatic rings. The van der Waals surface area contributed by atoms with Crippen LogP contribution in [0.2, 0.25) is 0 Å². The third kappa shape index (κ3) is 4.77. The van der Waals surface area contributed by atoms with Gasteiger partial charge in [-0.05, 0) is 35.9 Å². The van der Waals surface area contributed by atoms with Crippen molar-refractivity contribution in [2.24, 2.45) is 0 Å². The lowest BCUT2D eigenvalue weighted by atomic mass is 10.1. The van der Waals surface area contributed by atoms with Gasteiger partial charge in [0.05, 0.1) is 4.90 Å². The topological polar surface area (TPSA) is 149 Å². The maximum atomic E-state index is 12.4. The van der Waals surface area contributed by atoms with Gasteiger partial charge in [0, 0.05) is 11.8 Å². The lowest BCUT2D eigenvalue weighted by Gasteiger charge is -2.07. The molecule has 10 nitrogen and oxygen atoms in total. The molecule has 0 spiro atoms. The van der Waals surface area contributed by atoms with Gasteiger partial charge in [-0.3, -0.25) is 9.54 Å². The molecule has 0 radical (unpaired) electrons. The van der Waals surface area contributed by atoms with Crippen LogP contribution >= 0.6 is 0 Å². The Morgan fingerprint density at radius 2 is 1.44 bits per heavy atom. The summed E-state index contributed by atoms with van der Waals surface area (Å²) in [7, 11) is -8.35. The van der Waals surface area contributed by atoms with Crippen molar-refractivity contribution in [1.29, 1.82) is 0 Å². The fourth-order valence-electron chi connectivity index (χ4n) is 2.70. The van der Waals surface area contributed by atoms with Gasteiger partial charge in [-0.2, -0.15) is 26.9 Å². The number of hydrogen-bond donors (Lipinski definition) is 1. The maximum Gasteiger partial charge on any atom is 0.340 e. The summed E-state index contributed by atoms with van der Waals surface area (Å²) in [5.41, 5.74) is 1.66. The number of hydrogen-bond acceptors (Lipinski definition) is 9. The Balaban J connectivity index is 1.56. The summed E-state index contributed by atoms with van der Waals surface area (Å²) in [5.74, 6) is -0.204. The molecule has 162 valence electrons. The molecule has 0 fully saturated rings. The Morgan fingerprint density at radius 1 is 0.750 bits per heavy atom. The van der Waals surface area contributed by atoms with E-state index in [1.807, 2.05) is 0 Å². The number of pyridine rings is 1. The molecule has 2 aromatic carbocycles. The highest BCUT2D eigenvalue weighted by atomic mass is 32.2. The van der Waals surface area contributed by atoms with Crippen LogP contribution in [0.5, 0.6) is 5.88 Å². The summed E-state index contributed by atoms with van der Waals surface area (Å²) >= 11 is 0. The molecule has 0 saturated heterocycles.